The zero-order valence-electron chi connectivity index (χ0n) is 13.2. The fourth-order valence-corrected chi connectivity index (χ4v) is 2.64. The van der Waals surface area contributed by atoms with Crippen LogP contribution in [0.25, 0.3) is 0 Å². The summed E-state index contributed by atoms with van der Waals surface area (Å²) in [7, 11) is 0. The first kappa shape index (κ1) is 15.9. The fourth-order valence-electron chi connectivity index (χ4n) is 2.64. The van der Waals surface area contributed by atoms with Crippen molar-refractivity contribution in [3.63, 3.8) is 0 Å². The molecule has 25 heavy (non-hydrogen) atoms. The van der Waals surface area contributed by atoms with Gasteiger partial charge in [-0.3, -0.25) is 0 Å². The molecule has 1 aromatic heterocycles. The van der Waals surface area contributed by atoms with Crippen LogP contribution in [0.4, 0.5) is 23.7 Å². The highest BCUT2D eigenvalue weighted by atomic mass is 19.4. The van der Waals surface area contributed by atoms with Crippen LogP contribution in [0.1, 0.15) is 54.7 Å². The standard InChI is InChI=1S/C16H16F3N5O/c17-16(18,19)11-5-7-12(8-6-11)20-15(25)23-24-13(9-1-2-9)21-22-14(24)10-3-4-10/h5-10H,1-4H2,(H2,20,23,25). The van der Waals surface area contributed by atoms with Crippen molar-refractivity contribution in [2.24, 2.45) is 0 Å². The molecular weight excluding hydrogens is 335 g/mol. The molecule has 6 nitrogen and oxygen atoms in total. The number of nitrogens with one attached hydrogen (secondary N) is 2. The lowest BCUT2D eigenvalue weighted by Gasteiger charge is -2.13. The Labute approximate surface area is 141 Å². The van der Waals surface area contributed by atoms with Gasteiger partial charge in [-0.1, -0.05) is 0 Å². The van der Waals surface area contributed by atoms with Crippen molar-refractivity contribution < 1.29 is 18.0 Å². The molecule has 2 aliphatic rings. The van der Waals surface area contributed by atoms with E-state index in [-0.39, 0.29) is 5.69 Å². The van der Waals surface area contributed by atoms with Gasteiger partial charge in [0.2, 0.25) is 0 Å². The average Bonchev–Trinajstić information content (AvgIpc) is 3.47. The quantitative estimate of drug-likeness (QED) is 0.879. The summed E-state index contributed by atoms with van der Waals surface area (Å²) < 4.78 is 39.3. The minimum atomic E-state index is -4.40. The molecule has 2 aromatic rings. The topological polar surface area (TPSA) is 71.8 Å². The molecule has 9 heteroatoms. The zero-order valence-corrected chi connectivity index (χ0v) is 13.2. The molecule has 0 atom stereocenters. The third kappa shape index (κ3) is 3.45. The van der Waals surface area contributed by atoms with Crippen molar-refractivity contribution in [2.45, 2.75) is 43.7 Å². The minimum Gasteiger partial charge on any atom is -0.307 e. The van der Waals surface area contributed by atoms with Gasteiger partial charge in [-0.15, -0.1) is 10.2 Å². The first-order valence-electron chi connectivity index (χ1n) is 8.12. The lowest BCUT2D eigenvalue weighted by Crippen LogP contribution is -2.30. The maximum Gasteiger partial charge on any atom is 0.416 e. The van der Waals surface area contributed by atoms with Gasteiger partial charge in [0, 0.05) is 17.5 Å². The number of alkyl halides is 3. The van der Waals surface area contributed by atoms with Crippen LogP contribution in [0.5, 0.6) is 0 Å². The van der Waals surface area contributed by atoms with Crippen LogP contribution < -0.4 is 10.7 Å². The van der Waals surface area contributed by atoms with E-state index in [9.17, 15) is 18.0 Å². The van der Waals surface area contributed by atoms with Crippen molar-refractivity contribution in [2.75, 3.05) is 10.7 Å². The Kier molecular flexibility index (Phi) is 3.66. The predicted octanol–water partition coefficient (Wildman–Crippen LogP) is 3.83. The fraction of sp³-hybridized carbons (Fsp3) is 0.438. The Bertz CT molecular complexity index is 762. The highest BCUT2D eigenvalue weighted by molar-refractivity contribution is 5.95. The van der Waals surface area contributed by atoms with E-state index in [2.05, 4.69) is 20.9 Å². The number of nitrogens with zero attached hydrogens (tertiary/aromatic N) is 3. The highest BCUT2D eigenvalue weighted by Crippen LogP contribution is 2.43. The van der Waals surface area contributed by atoms with Gasteiger partial charge >= 0.3 is 12.2 Å². The van der Waals surface area contributed by atoms with Crippen LogP contribution in [0.15, 0.2) is 24.3 Å². The van der Waals surface area contributed by atoms with E-state index in [0.717, 1.165) is 49.5 Å². The van der Waals surface area contributed by atoms with Gasteiger partial charge in [0.25, 0.3) is 0 Å². The molecule has 2 aliphatic carbocycles. The molecule has 0 radical (unpaired) electrons. The van der Waals surface area contributed by atoms with Gasteiger partial charge in [-0.2, -0.15) is 13.2 Å². The van der Waals surface area contributed by atoms with Crippen molar-refractivity contribution in [3.05, 3.63) is 41.5 Å². The molecule has 2 amide bonds. The SMILES string of the molecule is O=C(Nc1ccc(C(F)(F)F)cc1)Nn1c(C2CC2)nnc1C1CC1. The van der Waals surface area contributed by atoms with E-state index >= 15 is 0 Å². The molecule has 2 N–H and O–H groups in total. The van der Waals surface area contributed by atoms with Gasteiger partial charge in [0.05, 0.1) is 5.56 Å². The molecule has 4 rings (SSSR count). The average molecular weight is 351 g/mol. The Morgan fingerprint density at radius 1 is 1.00 bits per heavy atom. The highest BCUT2D eigenvalue weighted by Gasteiger charge is 2.36. The predicted molar refractivity (Wildman–Crippen MR) is 83.8 cm³/mol. The number of rotatable bonds is 4. The number of anilines is 1. The van der Waals surface area contributed by atoms with Crippen molar-refractivity contribution in [1.29, 1.82) is 0 Å². The maximum absolute atomic E-state index is 12.6. The Balaban J connectivity index is 1.46. The van der Waals surface area contributed by atoms with E-state index in [0.29, 0.717) is 11.8 Å². The maximum atomic E-state index is 12.6. The molecule has 2 saturated carbocycles. The van der Waals surface area contributed by atoms with E-state index in [1.165, 1.54) is 12.1 Å². The van der Waals surface area contributed by atoms with E-state index in [1.807, 2.05) is 0 Å². The molecule has 0 aliphatic heterocycles. The number of urea groups is 1. The van der Waals surface area contributed by atoms with Gasteiger partial charge in [-0.05, 0) is 49.9 Å². The number of halogens is 3. The molecule has 0 saturated heterocycles. The van der Waals surface area contributed by atoms with E-state index in [1.54, 1.807) is 4.68 Å². The second kappa shape index (κ2) is 5.75. The molecular formula is C16H16F3N5O. The summed E-state index contributed by atoms with van der Waals surface area (Å²) in [5, 5.41) is 10.9. The lowest BCUT2D eigenvalue weighted by atomic mass is 10.2. The van der Waals surface area contributed by atoms with Crippen LogP contribution in [-0.4, -0.2) is 20.9 Å². The number of hydrogen-bond acceptors (Lipinski definition) is 3. The van der Waals surface area contributed by atoms with Crippen LogP contribution in [0, 0.1) is 0 Å². The number of hydrogen-bond donors (Lipinski definition) is 2. The Morgan fingerprint density at radius 3 is 1.96 bits per heavy atom. The normalized spacial score (nSPS) is 17.4. The first-order valence-corrected chi connectivity index (χ1v) is 8.12. The smallest absolute Gasteiger partial charge is 0.307 e. The van der Waals surface area contributed by atoms with Crippen molar-refractivity contribution >= 4 is 11.7 Å². The number of carbonyl (C=O) groups is 1. The molecule has 0 bridgehead atoms. The van der Waals surface area contributed by atoms with E-state index in [4.69, 9.17) is 0 Å². The van der Waals surface area contributed by atoms with Crippen molar-refractivity contribution in [3.8, 4) is 0 Å². The Morgan fingerprint density at radius 2 is 1.52 bits per heavy atom. The third-order valence-corrected chi connectivity index (χ3v) is 4.28. The number of carbonyl (C=O) groups excluding carboxylic acids is 1. The summed E-state index contributed by atoms with van der Waals surface area (Å²) in [5.41, 5.74) is 2.23. The zero-order chi connectivity index (χ0) is 17.6. The van der Waals surface area contributed by atoms with Crippen LogP contribution in [0.2, 0.25) is 0 Å². The van der Waals surface area contributed by atoms with Gasteiger partial charge in [0.15, 0.2) is 11.6 Å². The van der Waals surface area contributed by atoms with Crippen LogP contribution >= 0.6 is 0 Å². The summed E-state index contributed by atoms with van der Waals surface area (Å²) >= 11 is 0. The first-order chi connectivity index (χ1) is 11.9. The third-order valence-electron chi connectivity index (χ3n) is 4.28. The van der Waals surface area contributed by atoms with Gasteiger partial charge < -0.3 is 5.32 Å². The second-order valence-corrected chi connectivity index (χ2v) is 6.44. The number of amides is 2. The number of aromatic nitrogens is 3. The molecule has 1 aromatic carbocycles. The molecule has 2 fully saturated rings. The summed E-state index contributed by atoms with van der Waals surface area (Å²) in [6, 6.07) is 3.76. The monoisotopic (exact) mass is 351 g/mol. The summed E-state index contributed by atoms with van der Waals surface area (Å²) in [4.78, 5) is 12.2. The Hall–Kier alpha value is -2.58. The molecule has 1 heterocycles. The number of benzene rings is 1. The lowest BCUT2D eigenvalue weighted by molar-refractivity contribution is -0.137. The molecule has 132 valence electrons. The van der Waals surface area contributed by atoms with Crippen LogP contribution in [-0.2, 0) is 6.18 Å². The summed E-state index contributed by atoms with van der Waals surface area (Å²) in [6.45, 7) is 0. The summed E-state index contributed by atoms with van der Waals surface area (Å²) in [5.74, 6) is 2.10. The van der Waals surface area contributed by atoms with Gasteiger partial charge in [0.1, 0.15) is 0 Å². The minimum absolute atomic E-state index is 0.277. The van der Waals surface area contributed by atoms with Gasteiger partial charge in [-0.25, -0.2) is 14.9 Å². The van der Waals surface area contributed by atoms with Crippen molar-refractivity contribution in [1.82, 2.24) is 14.9 Å². The molecule has 0 spiro atoms. The summed E-state index contributed by atoms with van der Waals surface area (Å²) in [6.07, 6.45) is -0.326. The second-order valence-electron chi connectivity index (χ2n) is 6.44. The largest absolute Gasteiger partial charge is 0.416 e. The van der Waals surface area contributed by atoms with Crippen LogP contribution in [0.3, 0.4) is 0 Å². The van der Waals surface area contributed by atoms with E-state index < -0.39 is 17.8 Å². The molecule has 0 unspecified atom stereocenters.